The van der Waals surface area contributed by atoms with Crippen LogP contribution in [-0.4, -0.2) is 36.5 Å². The maximum Gasteiger partial charge on any atom is 0.210 e. The molecule has 1 amide bonds. The third kappa shape index (κ3) is 1.29. The standard InChI is InChI=1S/C7H14N2O/c1-6-3-8-4-7(2)9(6)5-10/h5-8H,3-4H2,1-2H3/t6-,7-/m0/s1. The second-order valence-electron chi connectivity index (χ2n) is 2.91. The van der Waals surface area contributed by atoms with Crippen LogP contribution in [0, 0.1) is 0 Å². The van der Waals surface area contributed by atoms with Gasteiger partial charge in [0.1, 0.15) is 0 Å². The second-order valence-corrected chi connectivity index (χ2v) is 2.91. The van der Waals surface area contributed by atoms with Crippen molar-refractivity contribution in [2.24, 2.45) is 0 Å². The van der Waals surface area contributed by atoms with E-state index in [0.29, 0.717) is 12.1 Å². The predicted molar refractivity (Wildman–Crippen MR) is 39.7 cm³/mol. The molecule has 1 N–H and O–H groups in total. The third-order valence-corrected chi connectivity index (χ3v) is 2.02. The van der Waals surface area contributed by atoms with E-state index in [9.17, 15) is 4.79 Å². The zero-order chi connectivity index (χ0) is 7.56. The molecule has 0 spiro atoms. The summed E-state index contributed by atoms with van der Waals surface area (Å²) in [4.78, 5) is 12.3. The molecule has 0 saturated carbocycles. The molecule has 2 atom stereocenters. The minimum absolute atomic E-state index is 0.348. The van der Waals surface area contributed by atoms with Crippen molar-refractivity contribution in [2.45, 2.75) is 25.9 Å². The largest absolute Gasteiger partial charge is 0.337 e. The van der Waals surface area contributed by atoms with Gasteiger partial charge in [0.15, 0.2) is 0 Å². The minimum Gasteiger partial charge on any atom is -0.337 e. The topological polar surface area (TPSA) is 32.3 Å². The number of carbonyl (C=O) groups excluding carboxylic acids is 1. The van der Waals surface area contributed by atoms with Gasteiger partial charge < -0.3 is 10.2 Å². The van der Waals surface area contributed by atoms with Gasteiger partial charge in [0.05, 0.1) is 0 Å². The SMILES string of the molecule is C[C@H]1CNC[C@H](C)N1C=O. The Morgan fingerprint density at radius 1 is 1.40 bits per heavy atom. The lowest BCUT2D eigenvalue weighted by Crippen LogP contribution is -2.54. The highest BCUT2D eigenvalue weighted by Gasteiger charge is 2.21. The summed E-state index contributed by atoms with van der Waals surface area (Å²) in [6.07, 6.45) is 0.941. The summed E-state index contributed by atoms with van der Waals surface area (Å²) in [5.41, 5.74) is 0. The number of piperazine rings is 1. The molecule has 3 heteroatoms. The molecule has 1 aliphatic heterocycles. The van der Waals surface area contributed by atoms with E-state index in [2.05, 4.69) is 19.2 Å². The Bertz CT molecular complexity index is 117. The summed E-state index contributed by atoms with van der Waals surface area (Å²) in [5.74, 6) is 0. The molecular weight excluding hydrogens is 128 g/mol. The van der Waals surface area contributed by atoms with E-state index in [4.69, 9.17) is 0 Å². The monoisotopic (exact) mass is 142 g/mol. The van der Waals surface area contributed by atoms with Crippen molar-refractivity contribution in [1.82, 2.24) is 10.2 Å². The average Bonchev–Trinajstić information content (AvgIpc) is 1.88. The van der Waals surface area contributed by atoms with E-state index in [0.717, 1.165) is 19.5 Å². The molecule has 3 nitrogen and oxygen atoms in total. The number of nitrogens with zero attached hydrogens (tertiary/aromatic N) is 1. The van der Waals surface area contributed by atoms with E-state index in [1.165, 1.54) is 0 Å². The summed E-state index contributed by atoms with van der Waals surface area (Å²) < 4.78 is 0. The molecule has 0 bridgehead atoms. The van der Waals surface area contributed by atoms with Gasteiger partial charge in [-0.1, -0.05) is 0 Å². The fourth-order valence-electron chi connectivity index (χ4n) is 1.35. The first-order valence-electron chi connectivity index (χ1n) is 3.69. The molecule has 0 aliphatic carbocycles. The Morgan fingerprint density at radius 3 is 2.20 bits per heavy atom. The number of nitrogens with one attached hydrogen (secondary N) is 1. The Balaban J connectivity index is 2.53. The van der Waals surface area contributed by atoms with Crippen molar-refractivity contribution in [3.8, 4) is 0 Å². The molecule has 58 valence electrons. The van der Waals surface area contributed by atoms with Gasteiger partial charge in [-0.25, -0.2) is 0 Å². The molecule has 1 aliphatic rings. The summed E-state index contributed by atoms with van der Waals surface area (Å²) >= 11 is 0. The van der Waals surface area contributed by atoms with Crippen molar-refractivity contribution >= 4 is 6.41 Å². The molecular formula is C7H14N2O. The van der Waals surface area contributed by atoms with E-state index < -0.39 is 0 Å². The van der Waals surface area contributed by atoms with Crippen LogP contribution in [0.25, 0.3) is 0 Å². The Hall–Kier alpha value is -0.570. The van der Waals surface area contributed by atoms with Crippen molar-refractivity contribution in [2.75, 3.05) is 13.1 Å². The summed E-state index contributed by atoms with van der Waals surface area (Å²) in [5, 5.41) is 3.25. The summed E-state index contributed by atoms with van der Waals surface area (Å²) in [7, 11) is 0. The number of carbonyl (C=O) groups is 1. The van der Waals surface area contributed by atoms with Crippen LogP contribution < -0.4 is 5.32 Å². The normalized spacial score (nSPS) is 34.0. The molecule has 1 saturated heterocycles. The highest BCUT2D eigenvalue weighted by atomic mass is 16.1. The van der Waals surface area contributed by atoms with Crippen LogP contribution in [0.1, 0.15) is 13.8 Å². The van der Waals surface area contributed by atoms with E-state index in [1.807, 2.05) is 4.90 Å². The molecule has 10 heavy (non-hydrogen) atoms. The zero-order valence-electron chi connectivity index (χ0n) is 6.50. The van der Waals surface area contributed by atoms with Gasteiger partial charge >= 0.3 is 0 Å². The van der Waals surface area contributed by atoms with Crippen LogP contribution in [0.3, 0.4) is 0 Å². The molecule has 0 radical (unpaired) electrons. The smallest absolute Gasteiger partial charge is 0.210 e. The first-order valence-corrected chi connectivity index (χ1v) is 3.69. The van der Waals surface area contributed by atoms with Crippen LogP contribution in [0.2, 0.25) is 0 Å². The minimum atomic E-state index is 0.348. The highest BCUT2D eigenvalue weighted by Crippen LogP contribution is 2.05. The van der Waals surface area contributed by atoms with Crippen LogP contribution in [-0.2, 0) is 4.79 Å². The summed E-state index contributed by atoms with van der Waals surface area (Å²) in [6, 6.07) is 0.697. The van der Waals surface area contributed by atoms with Crippen molar-refractivity contribution in [3.05, 3.63) is 0 Å². The number of hydrogen-bond donors (Lipinski definition) is 1. The van der Waals surface area contributed by atoms with Crippen molar-refractivity contribution in [3.63, 3.8) is 0 Å². The lowest BCUT2D eigenvalue weighted by atomic mass is 10.1. The fraction of sp³-hybridized carbons (Fsp3) is 0.857. The first kappa shape index (κ1) is 7.54. The van der Waals surface area contributed by atoms with Crippen LogP contribution in [0.15, 0.2) is 0 Å². The van der Waals surface area contributed by atoms with E-state index >= 15 is 0 Å². The number of rotatable bonds is 1. The highest BCUT2D eigenvalue weighted by molar-refractivity contribution is 5.48. The number of hydrogen-bond acceptors (Lipinski definition) is 2. The maximum absolute atomic E-state index is 10.5. The Labute approximate surface area is 61.4 Å². The van der Waals surface area contributed by atoms with Gasteiger partial charge in [0.25, 0.3) is 0 Å². The van der Waals surface area contributed by atoms with Crippen molar-refractivity contribution < 1.29 is 4.79 Å². The Kier molecular flexibility index (Phi) is 2.27. The van der Waals surface area contributed by atoms with Gasteiger partial charge in [0.2, 0.25) is 6.41 Å². The van der Waals surface area contributed by atoms with Crippen LogP contribution in [0.4, 0.5) is 0 Å². The Morgan fingerprint density at radius 2 is 1.90 bits per heavy atom. The summed E-state index contributed by atoms with van der Waals surface area (Å²) in [6.45, 7) is 5.94. The average molecular weight is 142 g/mol. The quantitative estimate of drug-likeness (QED) is 0.515. The van der Waals surface area contributed by atoms with Gasteiger partial charge in [0, 0.05) is 25.2 Å². The zero-order valence-corrected chi connectivity index (χ0v) is 6.50. The van der Waals surface area contributed by atoms with E-state index in [-0.39, 0.29) is 0 Å². The fourth-order valence-corrected chi connectivity index (χ4v) is 1.35. The van der Waals surface area contributed by atoms with Gasteiger partial charge in [-0.05, 0) is 13.8 Å². The lowest BCUT2D eigenvalue weighted by Gasteiger charge is -2.36. The van der Waals surface area contributed by atoms with Gasteiger partial charge in [-0.15, -0.1) is 0 Å². The maximum atomic E-state index is 10.5. The third-order valence-electron chi connectivity index (χ3n) is 2.02. The molecule has 1 heterocycles. The second kappa shape index (κ2) is 3.01. The van der Waals surface area contributed by atoms with Gasteiger partial charge in [-0.2, -0.15) is 0 Å². The predicted octanol–water partition coefficient (Wildman–Crippen LogP) is -0.175. The molecule has 0 unspecified atom stereocenters. The van der Waals surface area contributed by atoms with Crippen molar-refractivity contribution in [1.29, 1.82) is 0 Å². The molecule has 0 aromatic heterocycles. The van der Waals surface area contributed by atoms with Crippen LogP contribution >= 0.6 is 0 Å². The molecule has 0 aromatic rings. The molecule has 1 rings (SSSR count). The molecule has 1 fully saturated rings. The van der Waals surface area contributed by atoms with Crippen LogP contribution in [0.5, 0.6) is 0 Å². The van der Waals surface area contributed by atoms with E-state index in [1.54, 1.807) is 0 Å². The lowest BCUT2D eigenvalue weighted by molar-refractivity contribution is -0.122. The number of amides is 1. The van der Waals surface area contributed by atoms with Gasteiger partial charge in [-0.3, -0.25) is 4.79 Å². The first-order chi connectivity index (χ1) is 4.75. The molecule has 0 aromatic carbocycles.